The van der Waals surface area contributed by atoms with Crippen LogP contribution < -0.4 is 22.1 Å². The van der Waals surface area contributed by atoms with Gasteiger partial charge in [-0.15, -0.1) is 0 Å². The summed E-state index contributed by atoms with van der Waals surface area (Å²) >= 11 is 0. The van der Waals surface area contributed by atoms with Crippen LogP contribution in [0.4, 0.5) is 0 Å². The van der Waals surface area contributed by atoms with E-state index in [0.29, 0.717) is 24.2 Å². The van der Waals surface area contributed by atoms with Crippen LogP contribution in [0.5, 0.6) is 0 Å². The predicted octanol–water partition coefficient (Wildman–Crippen LogP) is 0.520. The van der Waals surface area contributed by atoms with E-state index in [1.165, 1.54) is 38.5 Å². The van der Waals surface area contributed by atoms with Crippen molar-refractivity contribution in [3.05, 3.63) is 6.42 Å². The van der Waals surface area contributed by atoms with Crippen LogP contribution in [0.25, 0.3) is 0 Å². The van der Waals surface area contributed by atoms with Gasteiger partial charge in [0.25, 0.3) is 0 Å². The highest BCUT2D eigenvalue weighted by molar-refractivity contribution is 4.91. The van der Waals surface area contributed by atoms with Crippen molar-refractivity contribution >= 4 is 0 Å². The Hall–Kier alpha value is -0.290. The molecule has 0 spiro atoms. The summed E-state index contributed by atoms with van der Waals surface area (Å²) in [5.74, 6) is 0. The van der Waals surface area contributed by atoms with Crippen LogP contribution in [0.3, 0.4) is 0 Å². The molecule has 2 aliphatic carbocycles. The van der Waals surface area contributed by atoms with Crippen molar-refractivity contribution in [1.82, 2.24) is 10.6 Å². The first-order valence-electron chi connectivity index (χ1n) is 7.57. The van der Waals surface area contributed by atoms with Crippen LogP contribution in [0, 0.1) is 6.42 Å². The molecule has 2 rings (SSSR count). The molecule has 2 aliphatic rings. The molecule has 2 unspecified atom stereocenters. The topological polar surface area (TPSA) is 76.1 Å². The standard InChI is InChI=1S/C14H29N4/c15-11-5-1-3-7-13(11)17-9-10-18-14-8-4-2-6-12(14)16/h1,11-14,17-18H,2-10,15-16H2/q+1/t11-,12-,13?,14?/m1/s1. The highest BCUT2D eigenvalue weighted by Gasteiger charge is 2.26. The van der Waals surface area contributed by atoms with Crippen molar-refractivity contribution in [2.75, 3.05) is 13.1 Å². The van der Waals surface area contributed by atoms with E-state index in [-0.39, 0.29) is 0 Å². The maximum Gasteiger partial charge on any atom is 0.104 e. The lowest BCUT2D eigenvalue weighted by molar-refractivity contribution is 0.317. The Kier molecular flexibility index (Phi) is 5.76. The van der Waals surface area contributed by atoms with E-state index in [0.717, 1.165) is 19.5 Å². The Bertz CT molecular complexity index is 210. The maximum atomic E-state index is 6.12. The monoisotopic (exact) mass is 253 g/mol. The zero-order valence-electron chi connectivity index (χ0n) is 11.4. The van der Waals surface area contributed by atoms with Crippen molar-refractivity contribution in [3.8, 4) is 0 Å². The molecule has 0 amide bonds. The second kappa shape index (κ2) is 7.34. The highest BCUT2D eigenvalue weighted by atomic mass is 15.0. The summed E-state index contributed by atoms with van der Waals surface area (Å²) < 4.78 is 0. The molecule has 2 saturated carbocycles. The normalized spacial score (nSPS) is 37.2. The lowest BCUT2D eigenvalue weighted by Crippen LogP contribution is -2.51. The fraction of sp³-hybridized carbons (Fsp3) is 0.929. The summed E-state index contributed by atoms with van der Waals surface area (Å²) in [4.78, 5) is 0. The van der Waals surface area contributed by atoms with Gasteiger partial charge in [0.2, 0.25) is 0 Å². The number of hydrogen-bond donors (Lipinski definition) is 4. The quantitative estimate of drug-likeness (QED) is 0.426. The number of hydrogen-bond acceptors (Lipinski definition) is 4. The Morgan fingerprint density at radius 2 is 1.56 bits per heavy atom. The molecule has 0 bridgehead atoms. The maximum absolute atomic E-state index is 6.12. The van der Waals surface area contributed by atoms with Gasteiger partial charge in [-0.05, 0) is 12.8 Å². The first kappa shape index (κ1) is 14.1. The molecule has 0 aromatic heterocycles. The van der Waals surface area contributed by atoms with E-state index in [9.17, 15) is 0 Å². The summed E-state index contributed by atoms with van der Waals surface area (Å²) in [5.41, 5.74) is 12.2. The third-order valence-corrected chi connectivity index (χ3v) is 4.39. The summed E-state index contributed by atoms with van der Waals surface area (Å²) in [7, 11) is 0. The molecule has 4 heteroatoms. The summed E-state index contributed by atoms with van der Waals surface area (Å²) in [5, 5.41) is 7.17. The number of rotatable bonds is 5. The molecule has 0 saturated heterocycles. The fourth-order valence-corrected chi connectivity index (χ4v) is 3.17. The van der Waals surface area contributed by atoms with Crippen LogP contribution in [0.2, 0.25) is 0 Å². The average Bonchev–Trinajstić information content (AvgIpc) is 2.38. The van der Waals surface area contributed by atoms with Crippen molar-refractivity contribution in [3.63, 3.8) is 0 Å². The first-order chi connectivity index (χ1) is 8.77. The molecule has 0 aromatic carbocycles. The van der Waals surface area contributed by atoms with Gasteiger partial charge >= 0.3 is 0 Å². The zero-order valence-corrected chi connectivity index (χ0v) is 11.4. The van der Waals surface area contributed by atoms with Crippen molar-refractivity contribution < 1.29 is 0 Å². The number of nitrogens with two attached hydrogens (primary N) is 2. The van der Waals surface area contributed by atoms with Gasteiger partial charge in [-0.3, -0.25) is 0 Å². The lowest BCUT2D eigenvalue weighted by Gasteiger charge is -2.30. The smallest absolute Gasteiger partial charge is 0.104 e. The minimum Gasteiger partial charge on any atom is -0.326 e. The van der Waals surface area contributed by atoms with E-state index < -0.39 is 0 Å². The Morgan fingerprint density at radius 3 is 2.22 bits per heavy atom. The summed E-state index contributed by atoms with van der Waals surface area (Å²) in [6.07, 6.45) is 10.8. The Morgan fingerprint density at radius 1 is 0.889 bits per heavy atom. The van der Waals surface area contributed by atoms with Crippen LogP contribution in [-0.2, 0) is 0 Å². The van der Waals surface area contributed by atoms with Crippen LogP contribution in [0.15, 0.2) is 0 Å². The third kappa shape index (κ3) is 4.12. The first-order valence-corrected chi connectivity index (χ1v) is 7.57. The van der Waals surface area contributed by atoms with Crippen LogP contribution >= 0.6 is 0 Å². The van der Waals surface area contributed by atoms with Crippen LogP contribution in [-0.4, -0.2) is 37.3 Å². The van der Waals surface area contributed by atoms with E-state index in [4.69, 9.17) is 11.5 Å². The molecular weight excluding hydrogens is 224 g/mol. The summed E-state index contributed by atoms with van der Waals surface area (Å²) in [6, 6.07) is 1.67. The molecule has 104 valence electrons. The van der Waals surface area contributed by atoms with Gasteiger partial charge in [-0.1, -0.05) is 12.8 Å². The molecule has 0 aromatic rings. The van der Waals surface area contributed by atoms with Gasteiger partial charge in [-0.2, -0.15) is 0 Å². The molecule has 0 radical (unpaired) electrons. The van der Waals surface area contributed by atoms with Gasteiger partial charge < -0.3 is 22.1 Å². The second-order valence-electron chi connectivity index (χ2n) is 5.84. The highest BCUT2D eigenvalue weighted by Crippen LogP contribution is 2.17. The molecule has 0 aliphatic heterocycles. The zero-order chi connectivity index (χ0) is 12.8. The van der Waals surface area contributed by atoms with Gasteiger partial charge in [0.15, 0.2) is 0 Å². The Balaban J connectivity index is 1.57. The van der Waals surface area contributed by atoms with Gasteiger partial charge in [0, 0.05) is 37.6 Å². The second-order valence-corrected chi connectivity index (χ2v) is 5.84. The van der Waals surface area contributed by atoms with E-state index >= 15 is 0 Å². The van der Waals surface area contributed by atoms with Gasteiger partial charge in [-0.25, -0.2) is 0 Å². The summed E-state index contributed by atoms with van der Waals surface area (Å²) in [6.45, 7) is 2.01. The molecule has 4 atom stereocenters. The molecule has 6 N–H and O–H groups in total. The predicted molar refractivity (Wildman–Crippen MR) is 76.2 cm³/mol. The minimum absolute atomic E-state index is 0.302. The van der Waals surface area contributed by atoms with E-state index in [1.807, 2.05) is 0 Å². The van der Waals surface area contributed by atoms with Crippen LogP contribution in [0.1, 0.15) is 44.9 Å². The SMILES string of the molecule is N[C@@H]1C[CH+]CCC1NCCNC1CCCC[C@H]1N. The lowest BCUT2D eigenvalue weighted by atomic mass is 9.90. The third-order valence-electron chi connectivity index (χ3n) is 4.39. The minimum atomic E-state index is 0.302. The van der Waals surface area contributed by atoms with Gasteiger partial charge in [0.1, 0.15) is 6.42 Å². The molecule has 18 heavy (non-hydrogen) atoms. The van der Waals surface area contributed by atoms with Crippen molar-refractivity contribution in [1.29, 1.82) is 0 Å². The average molecular weight is 253 g/mol. The Labute approximate surface area is 111 Å². The molecule has 4 nitrogen and oxygen atoms in total. The molecule has 2 fully saturated rings. The number of nitrogens with one attached hydrogen (secondary N) is 2. The van der Waals surface area contributed by atoms with Crippen molar-refractivity contribution in [2.24, 2.45) is 11.5 Å². The molecular formula is C14H29N4+. The van der Waals surface area contributed by atoms with Crippen molar-refractivity contribution in [2.45, 2.75) is 69.1 Å². The fourth-order valence-electron chi connectivity index (χ4n) is 3.17. The van der Waals surface area contributed by atoms with Gasteiger partial charge in [0.05, 0.1) is 18.9 Å². The molecule has 0 heterocycles. The largest absolute Gasteiger partial charge is 0.326 e. The van der Waals surface area contributed by atoms with E-state index in [1.54, 1.807) is 0 Å². The van der Waals surface area contributed by atoms with E-state index in [2.05, 4.69) is 17.1 Å².